The van der Waals surface area contributed by atoms with Crippen LogP contribution in [0.15, 0.2) is 35.2 Å². The normalized spacial score (nSPS) is 17.1. The molecule has 1 fully saturated rings. The highest BCUT2D eigenvalue weighted by atomic mass is 35.5. The molecule has 0 aromatic heterocycles. The molecule has 0 unspecified atom stereocenters. The number of benzene rings is 2. The zero-order chi connectivity index (χ0) is 25.9. The first kappa shape index (κ1) is 26.4. The van der Waals surface area contributed by atoms with E-state index in [9.17, 15) is 18.8 Å². The molecular weight excluding hydrogens is 507 g/mol. The first-order valence-electron chi connectivity index (χ1n) is 11.8. The Labute approximate surface area is 218 Å². The SMILES string of the molecule is CC(C)CNC(=O)c1ccc(CSc2c(Cl)ccc3c2CCNCC32OC(=O)CCC(=O)O2)cc1F. The third-order valence-electron chi connectivity index (χ3n) is 5.96. The molecule has 0 atom stereocenters. The predicted octanol–water partition coefficient (Wildman–Crippen LogP) is 4.34. The van der Waals surface area contributed by atoms with Crippen molar-refractivity contribution in [1.29, 1.82) is 0 Å². The van der Waals surface area contributed by atoms with Crippen molar-refractivity contribution in [3.8, 4) is 0 Å². The van der Waals surface area contributed by atoms with Gasteiger partial charge in [0.25, 0.3) is 11.7 Å². The molecular formula is C26H28ClFN2O5S. The maximum atomic E-state index is 14.7. The lowest BCUT2D eigenvalue weighted by molar-refractivity contribution is -0.225. The number of rotatable bonds is 6. The van der Waals surface area contributed by atoms with Gasteiger partial charge in [-0.05, 0) is 54.3 Å². The van der Waals surface area contributed by atoms with E-state index in [0.29, 0.717) is 41.4 Å². The molecule has 4 rings (SSSR count). The van der Waals surface area contributed by atoms with E-state index in [-0.39, 0.29) is 30.9 Å². The Kier molecular flexibility index (Phi) is 8.22. The van der Waals surface area contributed by atoms with Crippen molar-refractivity contribution >= 4 is 41.2 Å². The van der Waals surface area contributed by atoms with Crippen LogP contribution < -0.4 is 10.6 Å². The van der Waals surface area contributed by atoms with Crippen LogP contribution in [0.1, 0.15) is 53.7 Å². The fraction of sp³-hybridized carbons (Fsp3) is 0.423. The van der Waals surface area contributed by atoms with Crippen LogP contribution in [0, 0.1) is 11.7 Å². The van der Waals surface area contributed by atoms with Gasteiger partial charge in [0.05, 0.1) is 30.0 Å². The summed E-state index contributed by atoms with van der Waals surface area (Å²) in [5.41, 5.74) is 2.07. The average molecular weight is 535 g/mol. The van der Waals surface area contributed by atoms with Crippen molar-refractivity contribution < 1.29 is 28.2 Å². The van der Waals surface area contributed by atoms with Crippen LogP contribution in [0.25, 0.3) is 0 Å². The van der Waals surface area contributed by atoms with E-state index in [0.717, 1.165) is 10.5 Å². The van der Waals surface area contributed by atoms with E-state index < -0.39 is 29.5 Å². The van der Waals surface area contributed by atoms with E-state index in [1.54, 1.807) is 18.2 Å². The molecule has 2 aliphatic rings. The molecule has 1 saturated heterocycles. The van der Waals surface area contributed by atoms with Crippen LogP contribution in [-0.2, 0) is 37.0 Å². The first-order chi connectivity index (χ1) is 17.2. The molecule has 2 N–H and O–H groups in total. The van der Waals surface area contributed by atoms with Gasteiger partial charge in [-0.3, -0.25) is 14.4 Å². The Bertz CT molecular complexity index is 1170. The van der Waals surface area contributed by atoms with Crippen molar-refractivity contribution in [1.82, 2.24) is 10.6 Å². The number of esters is 2. The standard InChI is InChI=1S/C26H28ClFN2O5S/c1-15(2)12-30-25(33)18-4-3-16(11-21(18)28)13-36-24-17-9-10-29-14-26(19(17)5-6-20(24)27)34-22(31)7-8-23(32)35-26/h3-6,11,15,29H,7-10,12-14H2,1-2H3,(H,30,33). The van der Waals surface area contributed by atoms with Gasteiger partial charge in [0.15, 0.2) is 0 Å². The molecule has 0 bridgehead atoms. The molecule has 7 nitrogen and oxygen atoms in total. The van der Waals surface area contributed by atoms with Gasteiger partial charge >= 0.3 is 11.9 Å². The van der Waals surface area contributed by atoms with E-state index >= 15 is 0 Å². The smallest absolute Gasteiger partial charge is 0.309 e. The Balaban J connectivity index is 1.59. The van der Waals surface area contributed by atoms with E-state index in [2.05, 4.69) is 10.6 Å². The van der Waals surface area contributed by atoms with Crippen molar-refractivity contribution in [3.63, 3.8) is 0 Å². The minimum atomic E-state index is -1.56. The van der Waals surface area contributed by atoms with Crippen LogP contribution in [0.3, 0.4) is 0 Å². The Hall–Kier alpha value is -2.62. The third-order valence-corrected chi connectivity index (χ3v) is 7.61. The Morgan fingerprint density at radius 2 is 1.89 bits per heavy atom. The highest BCUT2D eigenvalue weighted by molar-refractivity contribution is 7.98. The molecule has 0 aliphatic carbocycles. The van der Waals surface area contributed by atoms with Crippen molar-refractivity contribution in [2.24, 2.45) is 5.92 Å². The summed E-state index contributed by atoms with van der Waals surface area (Å²) in [6.45, 7) is 5.10. The molecule has 2 heterocycles. The number of thioether (sulfide) groups is 1. The van der Waals surface area contributed by atoms with Crippen LogP contribution in [0.2, 0.25) is 5.02 Å². The van der Waals surface area contributed by atoms with Gasteiger partial charge in [-0.2, -0.15) is 0 Å². The van der Waals surface area contributed by atoms with Crippen molar-refractivity contribution in [2.45, 2.75) is 49.5 Å². The monoisotopic (exact) mass is 534 g/mol. The zero-order valence-corrected chi connectivity index (χ0v) is 21.7. The lowest BCUT2D eigenvalue weighted by Crippen LogP contribution is -2.43. The summed E-state index contributed by atoms with van der Waals surface area (Å²) in [6.07, 6.45) is 0.489. The summed E-state index contributed by atoms with van der Waals surface area (Å²) >= 11 is 7.98. The summed E-state index contributed by atoms with van der Waals surface area (Å²) in [6, 6.07) is 7.96. The van der Waals surface area contributed by atoms with E-state index in [1.165, 1.54) is 23.9 Å². The number of hydrogen-bond acceptors (Lipinski definition) is 7. The maximum absolute atomic E-state index is 14.7. The largest absolute Gasteiger partial charge is 0.416 e. The topological polar surface area (TPSA) is 93.7 Å². The molecule has 0 radical (unpaired) electrons. The highest BCUT2D eigenvalue weighted by Crippen LogP contribution is 2.42. The van der Waals surface area contributed by atoms with Crippen LogP contribution in [0.5, 0.6) is 0 Å². The van der Waals surface area contributed by atoms with E-state index in [4.69, 9.17) is 21.1 Å². The second kappa shape index (κ2) is 11.2. The molecule has 2 aromatic carbocycles. The third kappa shape index (κ3) is 5.85. The lowest BCUT2D eigenvalue weighted by atomic mass is 9.98. The summed E-state index contributed by atoms with van der Waals surface area (Å²) in [4.78, 5) is 37.6. The fourth-order valence-electron chi connectivity index (χ4n) is 4.18. The summed E-state index contributed by atoms with van der Waals surface area (Å²) < 4.78 is 26.1. The quantitative estimate of drug-likeness (QED) is 0.420. The number of fused-ring (bicyclic) bond motifs is 2. The number of amides is 1. The summed E-state index contributed by atoms with van der Waals surface area (Å²) in [5.74, 6) is -2.96. The molecule has 36 heavy (non-hydrogen) atoms. The number of carbonyl (C=O) groups is 3. The highest BCUT2D eigenvalue weighted by Gasteiger charge is 2.46. The second-order valence-corrected chi connectivity index (χ2v) is 10.6. The average Bonchev–Trinajstić information content (AvgIpc) is 3.09. The lowest BCUT2D eigenvalue weighted by Gasteiger charge is -2.32. The van der Waals surface area contributed by atoms with Gasteiger partial charge in [-0.25, -0.2) is 4.39 Å². The van der Waals surface area contributed by atoms with Gasteiger partial charge in [0.1, 0.15) is 5.82 Å². The molecule has 0 saturated carbocycles. The van der Waals surface area contributed by atoms with Gasteiger partial charge in [-0.15, -0.1) is 11.8 Å². The van der Waals surface area contributed by atoms with Crippen LogP contribution in [-0.4, -0.2) is 37.5 Å². The van der Waals surface area contributed by atoms with Crippen molar-refractivity contribution in [3.05, 3.63) is 63.4 Å². The van der Waals surface area contributed by atoms with Gasteiger partial charge in [0, 0.05) is 22.8 Å². The second-order valence-electron chi connectivity index (χ2n) is 9.24. The number of carbonyl (C=O) groups excluding carboxylic acids is 3. The first-order valence-corrected chi connectivity index (χ1v) is 13.2. The Morgan fingerprint density at radius 1 is 1.17 bits per heavy atom. The fourth-order valence-corrected chi connectivity index (χ4v) is 5.60. The number of halogens is 2. The molecule has 2 aromatic rings. The van der Waals surface area contributed by atoms with Crippen LogP contribution >= 0.6 is 23.4 Å². The summed E-state index contributed by atoms with van der Waals surface area (Å²) in [5, 5.41) is 6.41. The minimum Gasteiger partial charge on any atom is -0.416 e. The molecule has 1 spiro atoms. The molecule has 192 valence electrons. The molecule has 10 heteroatoms. The van der Waals surface area contributed by atoms with Gasteiger partial charge in [-0.1, -0.05) is 31.5 Å². The van der Waals surface area contributed by atoms with Gasteiger partial charge in [0.2, 0.25) is 0 Å². The number of nitrogens with one attached hydrogen (secondary N) is 2. The number of ether oxygens (including phenoxy) is 2. The van der Waals surface area contributed by atoms with Crippen molar-refractivity contribution in [2.75, 3.05) is 19.6 Å². The van der Waals surface area contributed by atoms with E-state index in [1.807, 2.05) is 13.8 Å². The minimum absolute atomic E-state index is 0.000946. The zero-order valence-electron chi connectivity index (χ0n) is 20.1. The maximum Gasteiger partial charge on any atom is 0.309 e. The predicted molar refractivity (Wildman–Crippen MR) is 134 cm³/mol. The Morgan fingerprint density at radius 3 is 2.56 bits per heavy atom. The molecule has 2 aliphatic heterocycles. The molecule has 1 amide bonds. The number of hydrogen-bond donors (Lipinski definition) is 2. The summed E-state index contributed by atoms with van der Waals surface area (Å²) in [7, 11) is 0. The van der Waals surface area contributed by atoms with Crippen LogP contribution in [0.4, 0.5) is 4.39 Å². The van der Waals surface area contributed by atoms with Gasteiger partial charge < -0.3 is 20.1 Å².